The first-order chi connectivity index (χ1) is 3.66. The van der Waals surface area contributed by atoms with E-state index in [0.29, 0.717) is 0 Å². The molecular formula is C5H10NO2. The standard InChI is InChI=1S/C5H10NO2/c1-4(7)6-5(2)8-3/h5H,1H2,2-3H3,(H,6,7). The highest BCUT2D eigenvalue weighted by Gasteiger charge is 1.97. The second kappa shape index (κ2) is 3.43. The van der Waals surface area contributed by atoms with Crippen molar-refractivity contribution in [2.75, 3.05) is 7.11 Å². The first-order valence-corrected chi connectivity index (χ1v) is 2.32. The number of amides is 1. The van der Waals surface area contributed by atoms with Crippen molar-refractivity contribution in [1.29, 1.82) is 0 Å². The predicted octanol–water partition coefficient (Wildman–Crippen LogP) is -0.0709. The zero-order valence-electron chi connectivity index (χ0n) is 5.10. The van der Waals surface area contributed by atoms with Crippen molar-refractivity contribution in [3.63, 3.8) is 0 Å². The molecule has 1 unspecified atom stereocenters. The molecule has 0 aromatic carbocycles. The van der Waals surface area contributed by atoms with Gasteiger partial charge in [-0.2, -0.15) is 0 Å². The molecule has 0 aliphatic rings. The molecule has 0 rings (SSSR count). The highest BCUT2D eigenvalue weighted by atomic mass is 16.5. The van der Waals surface area contributed by atoms with Crippen molar-refractivity contribution in [1.82, 2.24) is 5.32 Å². The van der Waals surface area contributed by atoms with E-state index in [9.17, 15) is 4.79 Å². The summed E-state index contributed by atoms with van der Waals surface area (Å²) in [6.45, 7) is 4.82. The molecule has 1 amide bonds. The van der Waals surface area contributed by atoms with Crippen LogP contribution in [0.3, 0.4) is 0 Å². The zero-order chi connectivity index (χ0) is 6.57. The smallest absolute Gasteiger partial charge is 0.222 e. The molecule has 3 heteroatoms. The molecule has 1 radical (unpaired) electrons. The fourth-order valence-corrected chi connectivity index (χ4v) is 0.286. The van der Waals surface area contributed by atoms with E-state index in [1.807, 2.05) is 0 Å². The average Bonchev–Trinajstić information content (AvgIpc) is 1.65. The van der Waals surface area contributed by atoms with Crippen molar-refractivity contribution in [3.8, 4) is 0 Å². The molecule has 47 valence electrons. The van der Waals surface area contributed by atoms with Gasteiger partial charge in [-0.25, -0.2) is 0 Å². The number of carbonyl (C=O) groups is 1. The predicted molar refractivity (Wildman–Crippen MR) is 30.0 cm³/mol. The van der Waals surface area contributed by atoms with Gasteiger partial charge in [-0.1, -0.05) is 0 Å². The Balaban J connectivity index is 3.24. The summed E-state index contributed by atoms with van der Waals surface area (Å²) < 4.78 is 4.69. The summed E-state index contributed by atoms with van der Waals surface area (Å²) in [5.74, 6) is -0.320. The third-order valence-electron chi connectivity index (χ3n) is 0.718. The van der Waals surface area contributed by atoms with Gasteiger partial charge in [0.1, 0.15) is 6.23 Å². The monoisotopic (exact) mass is 116 g/mol. The topological polar surface area (TPSA) is 38.3 Å². The lowest BCUT2D eigenvalue weighted by Gasteiger charge is -2.07. The van der Waals surface area contributed by atoms with E-state index in [-0.39, 0.29) is 12.1 Å². The Bertz CT molecular complexity index is 82.5. The third kappa shape index (κ3) is 3.61. The lowest BCUT2D eigenvalue weighted by molar-refractivity contribution is -0.119. The summed E-state index contributed by atoms with van der Waals surface area (Å²) in [6, 6.07) is 0. The zero-order valence-corrected chi connectivity index (χ0v) is 5.10. The minimum atomic E-state index is -0.320. The highest BCUT2D eigenvalue weighted by molar-refractivity contribution is 5.80. The van der Waals surface area contributed by atoms with Crippen LogP contribution in [-0.4, -0.2) is 19.2 Å². The van der Waals surface area contributed by atoms with Crippen LogP contribution in [0.15, 0.2) is 0 Å². The van der Waals surface area contributed by atoms with Crippen LogP contribution in [-0.2, 0) is 9.53 Å². The van der Waals surface area contributed by atoms with Crippen LogP contribution in [0.2, 0.25) is 0 Å². The first-order valence-electron chi connectivity index (χ1n) is 2.32. The van der Waals surface area contributed by atoms with Crippen LogP contribution in [0, 0.1) is 6.92 Å². The summed E-state index contributed by atoms with van der Waals surface area (Å²) in [7, 11) is 1.51. The molecule has 0 fully saturated rings. The molecule has 0 saturated heterocycles. The van der Waals surface area contributed by atoms with Crippen LogP contribution >= 0.6 is 0 Å². The largest absolute Gasteiger partial charge is 0.362 e. The molecule has 0 spiro atoms. The van der Waals surface area contributed by atoms with Crippen molar-refractivity contribution < 1.29 is 9.53 Å². The molecule has 1 N–H and O–H groups in total. The van der Waals surface area contributed by atoms with Gasteiger partial charge in [-0.15, -0.1) is 0 Å². The fourth-order valence-electron chi connectivity index (χ4n) is 0.286. The normalized spacial score (nSPS) is 12.9. The van der Waals surface area contributed by atoms with E-state index in [1.54, 1.807) is 6.92 Å². The maximum atomic E-state index is 10.1. The molecule has 1 atom stereocenters. The SMILES string of the molecule is [CH2]C(=O)NC(C)OC. The van der Waals surface area contributed by atoms with Gasteiger partial charge in [0.15, 0.2) is 0 Å². The Morgan fingerprint density at radius 2 is 2.38 bits per heavy atom. The molecule has 0 aromatic rings. The van der Waals surface area contributed by atoms with Crippen molar-refractivity contribution in [3.05, 3.63) is 6.92 Å². The number of ether oxygens (including phenoxy) is 1. The van der Waals surface area contributed by atoms with Crippen LogP contribution in [0.1, 0.15) is 6.92 Å². The second-order valence-electron chi connectivity index (χ2n) is 1.45. The molecular weight excluding hydrogens is 106 g/mol. The van der Waals surface area contributed by atoms with Gasteiger partial charge in [-0.05, 0) is 6.92 Å². The summed E-state index contributed by atoms with van der Waals surface area (Å²) in [5, 5.41) is 2.42. The molecule has 0 aliphatic heterocycles. The quantitative estimate of drug-likeness (QED) is 0.513. The van der Waals surface area contributed by atoms with E-state index < -0.39 is 0 Å². The summed E-state index contributed by atoms with van der Waals surface area (Å²) >= 11 is 0. The van der Waals surface area contributed by atoms with Gasteiger partial charge in [0, 0.05) is 14.0 Å². The Morgan fingerprint density at radius 1 is 1.88 bits per heavy atom. The third-order valence-corrected chi connectivity index (χ3v) is 0.718. The lowest BCUT2D eigenvalue weighted by Crippen LogP contribution is -2.31. The van der Waals surface area contributed by atoms with E-state index in [2.05, 4.69) is 17.0 Å². The van der Waals surface area contributed by atoms with E-state index in [1.165, 1.54) is 7.11 Å². The number of hydrogen-bond acceptors (Lipinski definition) is 2. The van der Waals surface area contributed by atoms with Gasteiger partial charge >= 0.3 is 0 Å². The van der Waals surface area contributed by atoms with Gasteiger partial charge in [-0.3, -0.25) is 4.79 Å². The molecule has 0 heterocycles. The Morgan fingerprint density at radius 3 is 2.50 bits per heavy atom. The average molecular weight is 116 g/mol. The molecule has 0 bridgehead atoms. The number of rotatable bonds is 2. The van der Waals surface area contributed by atoms with Gasteiger partial charge in [0.05, 0.1) is 0 Å². The minimum absolute atomic E-state index is 0.236. The molecule has 0 aliphatic carbocycles. The summed E-state index contributed by atoms with van der Waals surface area (Å²) in [6.07, 6.45) is -0.236. The molecule has 0 saturated carbocycles. The Labute approximate surface area is 49.0 Å². The number of methoxy groups -OCH3 is 1. The number of carbonyl (C=O) groups excluding carboxylic acids is 1. The maximum Gasteiger partial charge on any atom is 0.222 e. The Kier molecular flexibility index (Phi) is 3.19. The number of hydrogen-bond donors (Lipinski definition) is 1. The molecule has 3 nitrogen and oxygen atoms in total. The maximum absolute atomic E-state index is 10.1. The van der Waals surface area contributed by atoms with Gasteiger partial charge in [0.2, 0.25) is 5.91 Å². The van der Waals surface area contributed by atoms with Gasteiger partial charge < -0.3 is 10.1 Å². The van der Waals surface area contributed by atoms with Crippen molar-refractivity contribution in [2.24, 2.45) is 0 Å². The number of nitrogens with one attached hydrogen (secondary N) is 1. The summed E-state index contributed by atoms with van der Waals surface area (Å²) in [4.78, 5) is 10.1. The van der Waals surface area contributed by atoms with Gasteiger partial charge in [0.25, 0.3) is 0 Å². The van der Waals surface area contributed by atoms with E-state index in [4.69, 9.17) is 0 Å². The highest BCUT2D eigenvalue weighted by Crippen LogP contribution is 1.77. The van der Waals surface area contributed by atoms with Crippen molar-refractivity contribution in [2.45, 2.75) is 13.2 Å². The van der Waals surface area contributed by atoms with Crippen molar-refractivity contribution >= 4 is 5.91 Å². The molecule has 0 aromatic heterocycles. The minimum Gasteiger partial charge on any atom is -0.362 e. The summed E-state index contributed by atoms with van der Waals surface area (Å²) in [5.41, 5.74) is 0. The van der Waals surface area contributed by atoms with Crippen LogP contribution < -0.4 is 5.32 Å². The fraction of sp³-hybridized carbons (Fsp3) is 0.600. The van der Waals surface area contributed by atoms with Crippen LogP contribution in [0.25, 0.3) is 0 Å². The molecule has 8 heavy (non-hydrogen) atoms. The Hall–Kier alpha value is -0.570. The first kappa shape index (κ1) is 7.43. The second-order valence-corrected chi connectivity index (χ2v) is 1.45. The lowest BCUT2D eigenvalue weighted by atomic mass is 10.6. The van der Waals surface area contributed by atoms with Crippen LogP contribution in [0.5, 0.6) is 0 Å². The van der Waals surface area contributed by atoms with E-state index in [0.717, 1.165) is 0 Å². The van der Waals surface area contributed by atoms with E-state index >= 15 is 0 Å². The van der Waals surface area contributed by atoms with Crippen LogP contribution in [0.4, 0.5) is 0 Å².